The van der Waals surface area contributed by atoms with Crippen molar-refractivity contribution in [2.24, 2.45) is 0 Å². The third-order valence-corrected chi connectivity index (χ3v) is 5.24. The molecule has 134 valence electrons. The molecule has 1 saturated heterocycles. The van der Waals surface area contributed by atoms with Crippen molar-refractivity contribution in [1.82, 2.24) is 4.90 Å². The largest absolute Gasteiger partial charge is 0.466 e. The maximum absolute atomic E-state index is 12.5. The van der Waals surface area contributed by atoms with Crippen LogP contribution in [0.3, 0.4) is 0 Å². The van der Waals surface area contributed by atoms with Crippen LogP contribution in [0.2, 0.25) is 5.02 Å². The van der Waals surface area contributed by atoms with Crippen LogP contribution in [0.5, 0.6) is 0 Å². The highest BCUT2D eigenvalue weighted by molar-refractivity contribution is 8.26. The van der Waals surface area contributed by atoms with Gasteiger partial charge in [0.15, 0.2) is 0 Å². The van der Waals surface area contributed by atoms with Crippen LogP contribution in [0, 0.1) is 0 Å². The molecule has 0 aromatic heterocycles. The first kappa shape index (κ1) is 19.9. The summed E-state index contributed by atoms with van der Waals surface area (Å²) in [5, 5.41) is 0.660. The fourth-order valence-corrected chi connectivity index (χ4v) is 3.79. The summed E-state index contributed by atoms with van der Waals surface area (Å²) >= 11 is 12.5. The van der Waals surface area contributed by atoms with Crippen LogP contribution in [-0.2, 0) is 14.3 Å². The van der Waals surface area contributed by atoms with Crippen molar-refractivity contribution in [3.8, 4) is 0 Å². The average Bonchev–Trinajstić information content (AvgIpc) is 2.84. The molecule has 0 atom stereocenters. The predicted molar refractivity (Wildman–Crippen MR) is 106 cm³/mol. The molecule has 1 fully saturated rings. The Bertz CT molecular complexity index is 673. The number of thiocarbonyl (C=S) groups is 1. The van der Waals surface area contributed by atoms with Crippen molar-refractivity contribution < 1.29 is 14.3 Å². The molecule has 0 aliphatic carbocycles. The highest BCUT2D eigenvalue weighted by atomic mass is 35.5. The van der Waals surface area contributed by atoms with Crippen LogP contribution in [0.4, 0.5) is 0 Å². The predicted octanol–water partition coefficient (Wildman–Crippen LogP) is 4.66. The van der Waals surface area contributed by atoms with Gasteiger partial charge in [-0.15, -0.1) is 0 Å². The van der Waals surface area contributed by atoms with Crippen LogP contribution in [0.15, 0.2) is 29.2 Å². The number of hydrogen-bond acceptors (Lipinski definition) is 5. The lowest BCUT2D eigenvalue weighted by Crippen LogP contribution is -2.29. The number of halogens is 1. The monoisotopic (exact) mass is 397 g/mol. The minimum absolute atomic E-state index is 0.0599. The zero-order valence-corrected chi connectivity index (χ0v) is 16.4. The van der Waals surface area contributed by atoms with Crippen LogP contribution in [0.1, 0.15) is 38.2 Å². The van der Waals surface area contributed by atoms with Gasteiger partial charge in [-0.05, 0) is 43.5 Å². The molecule has 25 heavy (non-hydrogen) atoms. The van der Waals surface area contributed by atoms with Gasteiger partial charge in [-0.3, -0.25) is 14.5 Å². The molecule has 0 saturated carbocycles. The Morgan fingerprint density at radius 2 is 2.00 bits per heavy atom. The Morgan fingerprint density at radius 1 is 1.28 bits per heavy atom. The zero-order chi connectivity index (χ0) is 18.2. The molecule has 0 bridgehead atoms. The van der Waals surface area contributed by atoms with Gasteiger partial charge < -0.3 is 4.74 Å². The van der Waals surface area contributed by atoms with Gasteiger partial charge in [0.2, 0.25) is 0 Å². The highest BCUT2D eigenvalue weighted by Gasteiger charge is 2.31. The van der Waals surface area contributed by atoms with Crippen molar-refractivity contribution in [2.75, 3.05) is 13.2 Å². The lowest BCUT2D eigenvalue weighted by molar-refractivity contribution is -0.143. The Kier molecular flexibility index (Phi) is 7.93. The Morgan fingerprint density at radius 3 is 2.68 bits per heavy atom. The number of thioether (sulfide) groups is 1. The van der Waals surface area contributed by atoms with E-state index in [1.807, 2.05) is 18.2 Å². The van der Waals surface area contributed by atoms with Crippen molar-refractivity contribution >= 4 is 57.9 Å². The van der Waals surface area contributed by atoms with Crippen molar-refractivity contribution in [2.45, 2.75) is 32.6 Å². The van der Waals surface area contributed by atoms with Gasteiger partial charge >= 0.3 is 5.97 Å². The molecule has 7 heteroatoms. The molecule has 0 spiro atoms. The smallest absolute Gasteiger partial charge is 0.305 e. The molecule has 0 unspecified atom stereocenters. The quantitative estimate of drug-likeness (QED) is 0.276. The fourth-order valence-electron chi connectivity index (χ4n) is 2.35. The number of hydrogen-bond donors (Lipinski definition) is 0. The molecular weight excluding hydrogens is 378 g/mol. The molecule has 1 aliphatic heterocycles. The molecule has 1 heterocycles. The second-order valence-corrected chi connectivity index (χ2v) is 7.61. The summed E-state index contributed by atoms with van der Waals surface area (Å²) in [6.07, 6.45) is 4.67. The van der Waals surface area contributed by atoms with E-state index in [0.717, 1.165) is 24.8 Å². The van der Waals surface area contributed by atoms with E-state index < -0.39 is 0 Å². The standard InChI is InChI=1S/C18H20ClNO3S2/c1-2-23-16(21)6-4-3-5-11-20-17(22)15(25-18(20)24)12-13-7-9-14(19)10-8-13/h7-10,12H,2-6,11H2,1H3/b15-12-. The maximum atomic E-state index is 12.5. The van der Waals surface area contributed by atoms with Gasteiger partial charge in [0, 0.05) is 18.0 Å². The number of ether oxygens (including phenoxy) is 1. The lowest BCUT2D eigenvalue weighted by Gasteiger charge is -2.13. The van der Waals surface area contributed by atoms with Crippen molar-refractivity contribution in [3.63, 3.8) is 0 Å². The summed E-state index contributed by atoms with van der Waals surface area (Å²) in [7, 11) is 0. The Labute approximate surface area is 162 Å². The van der Waals surface area contributed by atoms with Gasteiger partial charge in [0.25, 0.3) is 5.91 Å². The molecule has 1 aliphatic rings. The van der Waals surface area contributed by atoms with E-state index in [4.69, 9.17) is 28.6 Å². The topological polar surface area (TPSA) is 46.6 Å². The molecule has 0 radical (unpaired) electrons. The molecule has 1 amide bonds. The maximum Gasteiger partial charge on any atom is 0.305 e. The second-order valence-electron chi connectivity index (χ2n) is 5.50. The van der Waals surface area contributed by atoms with E-state index in [9.17, 15) is 9.59 Å². The van der Waals surface area contributed by atoms with Crippen molar-refractivity contribution in [1.29, 1.82) is 0 Å². The van der Waals surface area contributed by atoms with Gasteiger partial charge in [-0.2, -0.15) is 0 Å². The van der Waals surface area contributed by atoms with Crippen LogP contribution in [-0.4, -0.2) is 34.2 Å². The van der Waals surface area contributed by atoms with E-state index in [1.54, 1.807) is 24.0 Å². The lowest BCUT2D eigenvalue weighted by atomic mass is 10.2. The summed E-state index contributed by atoms with van der Waals surface area (Å²) < 4.78 is 5.47. The van der Waals surface area contributed by atoms with E-state index >= 15 is 0 Å². The summed E-state index contributed by atoms with van der Waals surface area (Å²) in [4.78, 5) is 26.0. The third kappa shape index (κ3) is 6.13. The van der Waals surface area contributed by atoms with Gasteiger partial charge in [0.05, 0.1) is 11.5 Å². The number of unbranched alkanes of at least 4 members (excludes halogenated alkanes) is 2. The molecule has 0 N–H and O–H groups in total. The number of esters is 1. The average molecular weight is 398 g/mol. The number of nitrogens with zero attached hydrogens (tertiary/aromatic N) is 1. The van der Waals surface area contributed by atoms with Crippen molar-refractivity contribution in [3.05, 3.63) is 39.8 Å². The van der Waals surface area contributed by atoms with Crippen LogP contribution in [0.25, 0.3) is 6.08 Å². The molecule has 1 aromatic carbocycles. The fraction of sp³-hybridized carbons (Fsp3) is 0.389. The van der Waals surface area contributed by atoms with E-state index in [0.29, 0.717) is 33.8 Å². The number of carbonyl (C=O) groups is 2. The first-order chi connectivity index (χ1) is 12.0. The Balaban J connectivity index is 1.82. The Hall–Kier alpha value is -1.37. The minimum Gasteiger partial charge on any atom is -0.466 e. The zero-order valence-electron chi connectivity index (χ0n) is 14.0. The van der Waals surface area contributed by atoms with E-state index in [-0.39, 0.29) is 11.9 Å². The summed E-state index contributed by atoms with van der Waals surface area (Å²) in [6.45, 7) is 2.78. The summed E-state index contributed by atoms with van der Waals surface area (Å²) in [5.74, 6) is -0.227. The first-order valence-corrected chi connectivity index (χ1v) is 9.78. The molecule has 4 nitrogen and oxygen atoms in total. The number of carbonyl (C=O) groups excluding carboxylic acids is 2. The SMILES string of the molecule is CCOC(=O)CCCCCN1C(=O)/C(=C/c2ccc(Cl)cc2)SC1=S. The summed E-state index contributed by atoms with van der Waals surface area (Å²) in [5.41, 5.74) is 0.916. The number of rotatable bonds is 8. The number of amides is 1. The molecule has 2 rings (SSSR count). The van der Waals surface area contributed by atoms with Gasteiger partial charge in [0.1, 0.15) is 4.32 Å². The highest BCUT2D eigenvalue weighted by Crippen LogP contribution is 2.32. The van der Waals surface area contributed by atoms with Gasteiger partial charge in [-0.25, -0.2) is 0 Å². The van der Waals surface area contributed by atoms with E-state index in [2.05, 4.69) is 0 Å². The molecular formula is C18H20ClNO3S2. The van der Waals surface area contributed by atoms with Crippen LogP contribution < -0.4 is 0 Å². The van der Waals surface area contributed by atoms with Gasteiger partial charge in [-0.1, -0.05) is 54.1 Å². The molecule has 1 aromatic rings. The summed E-state index contributed by atoms with van der Waals surface area (Å²) in [6, 6.07) is 7.31. The third-order valence-electron chi connectivity index (χ3n) is 3.61. The first-order valence-electron chi connectivity index (χ1n) is 8.18. The van der Waals surface area contributed by atoms with E-state index in [1.165, 1.54) is 11.8 Å². The second kappa shape index (κ2) is 9.94. The van der Waals surface area contributed by atoms with Crippen LogP contribution >= 0.6 is 35.6 Å². The number of benzene rings is 1. The minimum atomic E-state index is -0.168. The normalized spacial score (nSPS) is 15.9.